The first-order chi connectivity index (χ1) is 41.2. The number of benzene rings is 13. The molecule has 0 fully saturated rings. The van der Waals surface area contributed by atoms with Crippen LogP contribution in [0.5, 0.6) is 0 Å². The summed E-state index contributed by atoms with van der Waals surface area (Å²) in [6.45, 7) is 0. The number of hydrogen-bond donors (Lipinski definition) is 0. The van der Waals surface area contributed by atoms with Crippen LogP contribution in [-0.4, -0.2) is 18.3 Å². The molecular weight excluding hydrogens is 1030 g/mol. The lowest BCUT2D eigenvalue weighted by atomic mass is 9.92. The van der Waals surface area contributed by atoms with Gasteiger partial charge in [-0.05, 0) is 93.3 Å². The summed E-state index contributed by atoms with van der Waals surface area (Å²) in [6.07, 6.45) is 0. The molecule has 5 aromatic heterocycles. The van der Waals surface area contributed by atoms with E-state index in [1.807, 2.05) is 0 Å². The molecule has 0 saturated heterocycles. The summed E-state index contributed by atoms with van der Waals surface area (Å²) in [5.41, 5.74) is 13.2. The molecule has 18 aromatic rings. The molecule has 0 saturated carbocycles. The fraction of sp³-hybridized carbons (Fsp3) is 0. The van der Waals surface area contributed by atoms with Crippen molar-refractivity contribution in [3.8, 4) is 46.0 Å². The number of fused-ring (bicyclic) bond motifs is 19. The zero-order valence-corrected chi connectivity index (χ0v) is 45.2. The van der Waals surface area contributed by atoms with Crippen LogP contribution in [0.25, 0.3) is 163 Å². The minimum absolute atomic E-state index is 0.271. The zero-order valence-electron chi connectivity index (χ0n) is 44.3. The average Bonchev–Trinajstić information content (AvgIpc) is 1.84. The van der Waals surface area contributed by atoms with E-state index in [1.165, 1.54) is 31.6 Å². The normalized spacial score (nSPS) is 12.1. The highest BCUT2D eigenvalue weighted by atomic mass is 32.1. The van der Waals surface area contributed by atoms with Gasteiger partial charge in [0.2, 0.25) is 0 Å². The lowest BCUT2D eigenvalue weighted by Crippen LogP contribution is -2.17. The number of aromatic nitrogens is 4. The number of para-hydroxylation sites is 6. The minimum Gasteiger partial charge on any atom is -0.306 e. The second-order valence-corrected chi connectivity index (χ2v) is 22.7. The monoisotopic (exact) mass is 1070 g/mol. The highest BCUT2D eigenvalue weighted by Gasteiger charge is 2.35. The second kappa shape index (κ2) is 17.1. The molecule has 0 aliphatic rings. The van der Waals surface area contributed by atoms with E-state index in [2.05, 4.69) is 285 Å². The molecular formula is C76H42N6S. The summed E-state index contributed by atoms with van der Waals surface area (Å²) in [5, 5.41) is 40.6. The Labute approximate surface area is 478 Å². The second-order valence-electron chi connectivity index (χ2n) is 21.7. The van der Waals surface area contributed by atoms with Gasteiger partial charge >= 0.3 is 0 Å². The van der Waals surface area contributed by atoms with Gasteiger partial charge in [-0.25, -0.2) is 0 Å². The Morgan fingerprint density at radius 2 is 0.663 bits per heavy atom. The molecule has 18 rings (SSSR count). The van der Waals surface area contributed by atoms with Crippen molar-refractivity contribution < 1.29 is 0 Å². The minimum atomic E-state index is 0.271. The van der Waals surface area contributed by atoms with Crippen molar-refractivity contribution >= 4 is 140 Å². The van der Waals surface area contributed by atoms with E-state index in [1.54, 1.807) is 11.3 Å². The fourth-order valence-electron chi connectivity index (χ4n) is 14.2. The van der Waals surface area contributed by atoms with Gasteiger partial charge in [0.25, 0.3) is 0 Å². The molecule has 0 atom stereocenters. The van der Waals surface area contributed by atoms with E-state index in [0.29, 0.717) is 11.4 Å². The Kier molecular flexibility index (Phi) is 9.42. The molecule has 382 valence electrons. The molecule has 0 N–H and O–H groups in total. The number of nitrogens with zero attached hydrogens (tertiary/aromatic N) is 6. The van der Waals surface area contributed by atoms with Gasteiger partial charge in [-0.1, -0.05) is 194 Å². The first-order valence-electron chi connectivity index (χ1n) is 28.0. The quantitative estimate of drug-likeness (QED) is 0.161. The van der Waals surface area contributed by atoms with E-state index < -0.39 is 0 Å². The number of nitriles is 2. The van der Waals surface area contributed by atoms with Gasteiger partial charge in [-0.3, -0.25) is 0 Å². The van der Waals surface area contributed by atoms with E-state index in [-0.39, 0.29) is 11.1 Å². The number of rotatable bonds is 5. The molecule has 0 aliphatic carbocycles. The molecule has 13 aromatic carbocycles. The summed E-state index contributed by atoms with van der Waals surface area (Å²) in [4.78, 5) is 0. The van der Waals surface area contributed by atoms with Crippen molar-refractivity contribution in [2.45, 2.75) is 0 Å². The van der Waals surface area contributed by atoms with E-state index in [4.69, 9.17) is 0 Å². The van der Waals surface area contributed by atoms with Crippen LogP contribution in [-0.2, 0) is 0 Å². The largest absolute Gasteiger partial charge is 0.306 e. The van der Waals surface area contributed by atoms with Gasteiger partial charge in [-0.15, -0.1) is 11.3 Å². The number of hydrogen-bond acceptors (Lipinski definition) is 3. The van der Waals surface area contributed by atoms with Crippen LogP contribution >= 0.6 is 11.3 Å². The van der Waals surface area contributed by atoms with E-state index >= 15 is 0 Å². The highest BCUT2D eigenvalue weighted by Crippen LogP contribution is 2.52. The smallest absolute Gasteiger partial charge is 0.103 e. The zero-order chi connectivity index (χ0) is 54.6. The van der Waals surface area contributed by atoms with Gasteiger partial charge in [0.1, 0.15) is 12.1 Å². The molecule has 5 heterocycles. The Morgan fingerprint density at radius 3 is 1.17 bits per heavy atom. The average molecular weight is 1070 g/mol. The van der Waals surface area contributed by atoms with E-state index in [0.717, 1.165) is 120 Å². The molecule has 0 aliphatic heterocycles. The molecule has 0 spiro atoms. The molecule has 7 heteroatoms. The van der Waals surface area contributed by atoms with Gasteiger partial charge in [0, 0.05) is 58.6 Å². The summed E-state index contributed by atoms with van der Waals surface area (Å²) in [5.74, 6) is 0. The predicted octanol–water partition coefficient (Wildman–Crippen LogP) is 20.2. The summed E-state index contributed by atoms with van der Waals surface area (Å²) in [7, 11) is 0. The van der Waals surface area contributed by atoms with Crippen molar-refractivity contribution in [2.75, 3.05) is 0 Å². The summed E-state index contributed by atoms with van der Waals surface area (Å²) in [6, 6.07) is 96.9. The Balaban J connectivity index is 1.13. The third-order valence-corrected chi connectivity index (χ3v) is 18.8. The van der Waals surface area contributed by atoms with Crippen LogP contribution in [0.2, 0.25) is 0 Å². The van der Waals surface area contributed by atoms with Crippen molar-refractivity contribution in [3.63, 3.8) is 0 Å². The SMILES string of the molecule is N#Cc1c(C#N)c(-n2c3ccc(-c4cc5ccccc5c5ccccc45)cc3c3ccc4c5ccccc5sc4c32)c(-n2c3ccccc3c3ccccc32)c(-n2c3ccccc3c3ccccc32)c1-n1c2ccccc2c2ccccc21. The van der Waals surface area contributed by atoms with Crippen LogP contribution in [0.4, 0.5) is 0 Å². The van der Waals surface area contributed by atoms with E-state index in [9.17, 15) is 10.5 Å². The first kappa shape index (κ1) is 45.6. The molecule has 0 radical (unpaired) electrons. The van der Waals surface area contributed by atoms with Crippen molar-refractivity contribution in [1.29, 1.82) is 10.5 Å². The molecule has 0 amide bonds. The maximum atomic E-state index is 12.6. The molecule has 83 heavy (non-hydrogen) atoms. The third kappa shape index (κ3) is 6.13. The highest BCUT2D eigenvalue weighted by molar-refractivity contribution is 7.26. The first-order valence-corrected chi connectivity index (χ1v) is 28.8. The van der Waals surface area contributed by atoms with Gasteiger partial charge in [0.15, 0.2) is 0 Å². The van der Waals surface area contributed by atoms with Crippen LogP contribution in [0.15, 0.2) is 255 Å². The predicted molar refractivity (Wildman–Crippen MR) is 347 cm³/mol. The fourth-order valence-corrected chi connectivity index (χ4v) is 15.5. The van der Waals surface area contributed by atoms with Crippen LogP contribution in [0.3, 0.4) is 0 Å². The summed E-state index contributed by atoms with van der Waals surface area (Å²) < 4.78 is 11.7. The maximum Gasteiger partial charge on any atom is 0.103 e. The van der Waals surface area contributed by atoms with Crippen molar-refractivity contribution in [3.05, 3.63) is 266 Å². The standard InChI is InChI=1S/C76H42N6S/c77-43-61-62(44-78)72(82-69-40-37-46(59-41-45-19-1-2-20-47(45)48-21-3-4-22-49(48)59)42-60(69)57-38-39-58-56-29-11-18-36-70(56)83-76(58)73(57)82)75(81-67-34-16-9-27-54(67)55-28-10-17-35-68(55)81)74(80-65-32-14-7-25-52(65)53-26-8-15-33-66(53)80)71(61)79-63-30-12-5-23-50(63)51-24-6-13-31-64(51)79/h1-42H. The van der Waals surface area contributed by atoms with Gasteiger partial charge < -0.3 is 18.3 Å². The van der Waals surface area contributed by atoms with Gasteiger partial charge in [-0.2, -0.15) is 10.5 Å². The van der Waals surface area contributed by atoms with Crippen LogP contribution in [0.1, 0.15) is 11.1 Å². The lowest BCUT2D eigenvalue weighted by molar-refractivity contribution is 1.01. The molecule has 0 bridgehead atoms. The lowest BCUT2D eigenvalue weighted by Gasteiger charge is -2.27. The van der Waals surface area contributed by atoms with Crippen molar-refractivity contribution in [2.24, 2.45) is 0 Å². The Hall–Kier alpha value is -11.2. The van der Waals surface area contributed by atoms with Crippen LogP contribution in [0, 0.1) is 22.7 Å². The molecule has 0 unspecified atom stereocenters. The topological polar surface area (TPSA) is 67.3 Å². The Morgan fingerprint density at radius 1 is 0.277 bits per heavy atom. The third-order valence-electron chi connectivity index (χ3n) is 17.6. The number of thiophene rings is 1. The van der Waals surface area contributed by atoms with Crippen LogP contribution < -0.4 is 0 Å². The Bertz CT molecular complexity index is 5820. The van der Waals surface area contributed by atoms with Crippen molar-refractivity contribution in [1.82, 2.24) is 18.3 Å². The molecule has 6 nitrogen and oxygen atoms in total. The summed E-state index contributed by atoms with van der Waals surface area (Å²) >= 11 is 1.78. The van der Waals surface area contributed by atoms with Gasteiger partial charge in [0.05, 0.1) is 82.7 Å². The maximum absolute atomic E-state index is 12.6.